The maximum atomic E-state index is 5.77. The summed E-state index contributed by atoms with van der Waals surface area (Å²) in [5.74, 6) is 0.961. The molecule has 0 atom stereocenters. The molecular formula is C18H20N2O. The molecule has 0 saturated carbocycles. The maximum Gasteiger partial charge on any atom is 0.119 e. The number of rotatable bonds is 6. The highest BCUT2D eigenvalue weighted by Crippen LogP contribution is 2.14. The van der Waals surface area contributed by atoms with Crippen LogP contribution >= 0.6 is 0 Å². The van der Waals surface area contributed by atoms with Crippen LogP contribution in [0.1, 0.15) is 18.4 Å². The van der Waals surface area contributed by atoms with E-state index in [4.69, 9.17) is 4.74 Å². The van der Waals surface area contributed by atoms with Crippen molar-refractivity contribution < 1.29 is 4.74 Å². The molecule has 3 aromatic rings. The second-order valence-corrected chi connectivity index (χ2v) is 5.30. The van der Waals surface area contributed by atoms with E-state index in [-0.39, 0.29) is 0 Å². The molecule has 0 amide bonds. The Balaban J connectivity index is 1.46. The number of nitrogens with zero attached hydrogens (tertiary/aromatic N) is 2. The van der Waals surface area contributed by atoms with Crippen LogP contribution in [0.15, 0.2) is 54.9 Å². The maximum absolute atomic E-state index is 5.77. The SMILES string of the molecule is Cc1cccc(OCCCCn2cnc3ccccc32)c1. The van der Waals surface area contributed by atoms with Gasteiger partial charge in [0.1, 0.15) is 5.75 Å². The summed E-state index contributed by atoms with van der Waals surface area (Å²) in [6, 6.07) is 16.4. The van der Waals surface area contributed by atoms with Crippen molar-refractivity contribution in [3.8, 4) is 5.75 Å². The summed E-state index contributed by atoms with van der Waals surface area (Å²) >= 11 is 0. The van der Waals surface area contributed by atoms with E-state index in [0.717, 1.165) is 37.3 Å². The van der Waals surface area contributed by atoms with Gasteiger partial charge in [0.15, 0.2) is 0 Å². The number of hydrogen-bond donors (Lipinski definition) is 0. The van der Waals surface area contributed by atoms with Gasteiger partial charge >= 0.3 is 0 Å². The van der Waals surface area contributed by atoms with Crippen LogP contribution in [-0.4, -0.2) is 16.2 Å². The first-order chi connectivity index (χ1) is 10.3. The molecule has 3 nitrogen and oxygen atoms in total. The van der Waals surface area contributed by atoms with Gasteiger partial charge in [0.05, 0.1) is 24.0 Å². The standard InChI is InChI=1S/C18H20N2O/c1-15-7-6-8-16(13-15)21-12-5-4-11-20-14-19-17-9-2-3-10-18(17)20/h2-3,6-10,13-14H,4-5,11-12H2,1H3. The monoisotopic (exact) mass is 280 g/mol. The van der Waals surface area contributed by atoms with Crippen LogP contribution in [-0.2, 0) is 6.54 Å². The Morgan fingerprint density at radius 2 is 1.95 bits per heavy atom. The van der Waals surface area contributed by atoms with Gasteiger partial charge in [-0.15, -0.1) is 0 Å². The van der Waals surface area contributed by atoms with Crippen LogP contribution in [0.2, 0.25) is 0 Å². The summed E-state index contributed by atoms with van der Waals surface area (Å²) in [6.07, 6.45) is 4.05. The van der Waals surface area contributed by atoms with Crippen LogP contribution in [0, 0.1) is 6.92 Å². The Hall–Kier alpha value is -2.29. The molecule has 3 rings (SSSR count). The van der Waals surface area contributed by atoms with E-state index in [0.29, 0.717) is 0 Å². The van der Waals surface area contributed by atoms with Crippen molar-refractivity contribution in [2.45, 2.75) is 26.3 Å². The normalized spacial score (nSPS) is 10.9. The predicted molar refractivity (Wildman–Crippen MR) is 85.6 cm³/mol. The van der Waals surface area contributed by atoms with Crippen molar-refractivity contribution in [1.82, 2.24) is 9.55 Å². The Morgan fingerprint density at radius 3 is 2.86 bits per heavy atom. The zero-order valence-electron chi connectivity index (χ0n) is 12.3. The number of unbranched alkanes of at least 4 members (excludes halogenated alkanes) is 1. The topological polar surface area (TPSA) is 27.1 Å². The highest BCUT2D eigenvalue weighted by Gasteiger charge is 2.01. The Kier molecular flexibility index (Phi) is 4.20. The molecule has 2 aromatic carbocycles. The van der Waals surface area contributed by atoms with Crippen LogP contribution < -0.4 is 4.74 Å². The summed E-state index contributed by atoms with van der Waals surface area (Å²) in [7, 11) is 0. The van der Waals surface area contributed by atoms with Crippen molar-refractivity contribution in [1.29, 1.82) is 0 Å². The fraction of sp³-hybridized carbons (Fsp3) is 0.278. The van der Waals surface area contributed by atoms with E-state index in [1.165, 1.54) is 11.1 Å². The first-order valence-corrected chi connectivity index (χ1v) is 7.42. The summed E-state index contributed by atoms with van der Waals surface area (Å²) in [6.45, 7) is 3.82. The molecule has 0 radical (unpaired) electrons. The fourth-order valence-corrected chi connectivity index (χ4v) is 2.47. The molecule has 0 N–H and O–H groups in total. The minimum Gasteiger partial charge on any atom is -0.494 e. The zero-order chi connectivity index (χ0) is 14.5. The summed E-state index contributed by atoms with van der Waals surface area (Å²) < 4.78 is 7.98. The lowest BCUT2D eigenvalue weighted by Gasteiger charge is -2.07. The molecular weight excluding hydrogens is 260 g/mol. The molecule has 0 saturated heterocycles. The van der Waals surface area contributed by atoms with Gasteiger partial charge < -0.3 is 9.30 Å². The van der Waals surface area contributed by atoms with E-state index in [1.54, 1.807) is 0 Å². The van der Waals surface area contributed by atoms with Crippen LogP contribution in [0.25, 0.3) is 11.0 Å². The van der Waals surface area contributed by atoms with Crippen molar-refractivity contribution in [3.63, 3.8) is 0 Å². The van der Waals surface area contributed by atoms with Crippen molar-refractivity contribution in [2.75, 3.05) is 6.61 Å². The fourth-order valence-electron chi connectivity index (χ4n) is 2.47. The molecule has 108 valence electrons. The first kappa shape index (κ1) is 13.7. The average molecular weight is 280 g/mol. The minimum absolute atomic E-state index is 0.760. The smallest absolute Gasteiger partial charge is 0.119 e. The molecule has 0 fully saturated rings. The number of aryl methyl sites for hydroxylation is 2. The van der Waals surface area contributed by atoms with Crippen molar-refractivity contribution in [2.24, 2.45) is 0 Å². The third kappa shape index (κ3) is 3.43. The van der Waals surface area contributed by atoms with E-state index in [9.17, 15) is 0 Å². The van der Waals surface area contributed by atoms with E-state index < -0.39 is 0 Å². The van der Waals surface area contributed by atoms with E-state index >= 15 is 0 Å². The highest BCUT2D eigenvalue weighted by molar-refractivity contribution is 5.74. The van der Waals surface area contributed by atoms with E-state index in [2.05, 4.69) is 40.7 Å². The summed E-state index contributed by atoms with van der Waals surface area (Å²) in [5, 5.41) is 0. The number of para-hydroxylation sites is 2. The molecule has 0 bridgehead atoms. The molecule has 0 aliphatic carbocycles. The largest absolute Gasteiger partial charge is 0.494 e. The first-order valence-electron chi connectivity index (χ1n) is 7.42. The molecule has 1 heterocycles. The Bertz CT molecular complexity index is 718. The average Bonchev–Trinajstić information content (AvgIpc) is 2.90. The number of fused-ring (bicyclic) bond motifs is 1. The lowest BCUT2D eigenvalue weighted by molar-refractivity contribution is 0.303. The third-order valence-corrected chi connectivity index (χ3v) is 3.58. The second kappa shape index (κ2) is 6.44. The number of aromatic nitrogens is 2. The molecule has 0 unspecified atom stereocenters. The number of benzene rings is 2. The van der Waals surface area contributed by atoms with Crippen LogP contribution in [0.4, 0.5) is 0 Å². The Morgan fingerprint density at radius 1 is 1.05 bits per heavy atom. The minimum atomic E-state index is 0.760. The van der Waals surface area contributed by atoms with Gasteiger partial charge in [-0.25, -0.2) is 4.98 Å². The molecule has 3 heteroatoms. The zero-order valence-corrected chi connectivity index (χ0v) is 12.3. The van der Waals surface area contributed by atoms with Crippen molar-refractivity contribution in [3.05, 3.63) is 60.4 Å². The van der Waals surface area contributed by atoms with Gasteiger partial charge in [0.2, 0.25) is 0 Å². The van der Waals surface area contributed by atoms with Crippen molar-refractivity contribution >= 4 is 11.0 Å². The number of imidazole rings is 1. The van der Waals surface area contributed by atoms with Gasteiger partial charge in [-0.1, -0.05) is 24.3 Å². The quantitative estimate of drug-likeness (QED) is 0.633. The van der Waals surface area contributed by atoms with Gasteiger partial charge in [0.25, 0.3) is 0 Å². The molecule has 0 aliphatic heterocycles. The predicted octanol–water partition coefficient (Wildman–Crippen LogP) is 4.20. The van der Waals surface area contributed by atoms with Crippen LogP contribution in [0.3, 0.4) is 0 Å². The van der Waals surface area contributed by atoms with Crippen LogP contribution in [0.5, 0.6) is 5.75 Å². The molecule has 0 aliphatic rings. The third-order valence-electron chi connectivity index (χ3n) is 3.58. The molecule has 1 aromatic heterocycles. The van der Waals surface area contributed by atoms with Gasteiger partial charge in [-0.2, -0.15) is 0 Å². The molecule has 0 spiro atoms. The van der Waals surface area contributed by atoms with Gasteiger partial charge in [0, 0.05) is 6.54 Å². The highest BCUT2D eigenvalue weighted by atomic mass is 16.5. The number of hydrogen-bond acceptors (Lipinski definition) is 2. The van der Waals surface area contributed by atoms with Gasteiger partial charge in [-0.3, -0.25) is 0 Å². The Labute approximate surface area is 125 Å². The lowest BCUT2D eigenvalue weighted by Crippen LogP contribution is -2.01. The second-order valence-electron chi connectivity index (χ2n) is 5.30. The lowest BCUT2D eigenvalue weighted by atomic mass is 10.2. The molecule has 21 heavy (non-hydrogen) atoms. The van der Waals surface area contributed by atoms with E-state index in [1.807, 2.05) is 30.6 Å². The van der Waals surface area contributed by atoms with Gasteiger partial charge in [-0.05, 0) is 49.6 Å². The summed E-state index contributed by atoms with van der Waals surface area (Å²) in [4.78, 5) is 4.41. The summed E-state index contributed by atoms with van der Waals surface area (Å²) in [5.41, 5.74) is 3.50. The number of ether oxygens (including phenoxy) is 1.